The number of anilines is 1. The van der Waals surface area contributed by atoms with E-state index in [1.165, 1.54) is 24.3 Å². The fraction of sp³-hybridized carbons (Fsp3) is 0.143. The van der Waals surface area contributed by atoms with Crippen LogP contribution in [0.15, 0.2) is 47.4 Å². The molecule has 20 heavy (non-hydrogen) atoms. The zero-order chi connectivity index (χ0) is 14.8. The highest BCUT2D eigenvalue weighted by molar-refractivity contribution is 7.90. The molecule has 4 nitrogen and oxygen atoms in total. The average Bonchev–Trinajstić information content (AvgIpc) is 2.38. The molecule has 106 valence electrons. The summed E-state index contributed by atoms with van der Waals surface area (Å²) in [5.41, 5.74) is 0.966. The van der Waals surface area contributed by atoms with Gasteiger partial charge in [-0.15, -0.1) is 0 Å². The lowest BCUT2D eigenvalue weighted by Crippen LogP contribution is -2.04. The van der Waals surface area contributed by atoms with Crippen LogP contribution in [0.2, 0.25) is 0 Å². The first-order valence-corrected chi connectivity index (χ1v) is 7.77. The molecule has 0 heterocycles. The average molecular weight is 295 g/mol. The summed E-state index contributed by atoms with van der Waals surface area (Å²) in [7, 11) is -3.37. The fourth-order valence-electron chi connectivity index (χ4n) is 1.68. The summed E-state index contributed by atoms with van der Waals surface area (Å²) in [6.07, 6.45) is 1.07. The quantitative estimate of drug-likeness (QED) is 0.851. The van der Waals surface area contributed by atoms with Gasteiger partial charge in [-0.2, -0.15) is 0 Å². The van der Waals surface area contributed by atoms with E-state index in [-0.39, 0.29) is 16.3 Å². The highest BCUT2D eigenvalue weighted by Gasteiger charge is 2.10. The second-order valence-corrected chi connectivity index (χ2v) is 6.45. The molecule has 2 aromatic rings. The summed E-state index contributed by atoms with van der Waals surface area (Å²) in [4.78, 5) is 0.0621. The Balaban J connectivity index is 2.19. The summed E-state index contributed by atoms with van der Waals surface area (Å²) >= 11 is 0. The largest absolute Gasteiger partial charge is 0.508 e. The molecular weight excluding hydrogens is 281 g/mol. The van der Waals surface area contributed by atoms with Crippen molar-refractivity contribution < 1.29 is 17.9 Å². The number of benzene rings is 2. The summed E-state index contributed by atoms with van der Waals surface area (Å²) in [5.74, 6) is -0.366. The molecule has 2 rings (SSSR count). The zero-order valence-electron chi connectivity index (χ0n) is 10.8. The first-order valence-electron chi connectivity index (χ1n) is 5.87. The molecule has 0 aliphatic heterocycles. The van der Waals surface area contributed by atoms with Gasteiger partial charge in [0.15, 0.2) is 9.84 Å². The fourth-order valence-corrected chi connectivity index (χ4v) is 2.33. The number of halogens is 1. The van der Waals surface area contributed by atoms with E-state index in [1.54, 1.807) is 12.1 Å². The van der Waals surface area contributed by atoms with Gasteiger partial charge in [-0.1, -0.05) is 12.1 Å². The standard InChI is InChI=1S/C14H14FNO3S/c1-20(18,19)12-6-7-13(15)14(8-12)16-9-10-2-4-11(17)5-3-10/h2-8,16-17H,9H2,1H3. The minimum Gasteiger partial charge on any atom is -0.508 e. The molecule has 0 amide bonds. The summed E-state index contributed by atoms with van der Waals surface area (Å²) in [6, 6.07) is 10.1. The molecule has 0 saturated heterocycles. The highest BCUT2D eigenvalue weighted by atomic mass is 32.2. The van der Waals surface area contributed by atoms with Crippen molar-refractivity contribution in [3.63, 3.8) is 0 Å². The number of sulfone groups is 1. The van der Waals surface area contributed by atoms with Crippen LogP contribution in [0.4, 0.5) is 10.1 Å². The van der Waals surface area contributed by atoms with Crippen LogP contribution in [0.3, 0.4) is 0 Å². The molecule has 0 aliphatic carbocycles. The maximum absolute atomic E-state index is 13.6. The van der Waals surface area contributed by atoms with Gasteiger partial charge in [0.05, 0.1) is 10.6 Å². The third-order valence-electron chi connectivity index (χ3n) is 2.79. The lowest BCUT2D eigenvalue weighted by atomic mass is 10.2. The Morgan fingerprint density at radius 1 is 1.15 bits per heavy atom. The Labute approximate surface area is 116 Å². The van der Waals surface area contributed by atoms with Crippen molar-refractivity contribution in [2.24, 2.45) is 0 Å². The van der Waals surface area contributed by atoms with E-state index >= 15 is 0 Å². The van der Waals surface area contributed by atoms with Crippen LogP contribution >= 0.6 is 0 Å². The van der Waals surface area contributed by atoms with Gasteiger partial charge < -0.3 is 10.4 Å². The van der Waals surface area contributed by atoms with Crippen LogP contribution in [0.5, 0.6) is 5.75 Å². The van der Waals surface area contributed by atoms with Gasteiger partial charge in [0.2, 0.25) is 0 Å². The first-order chi connectivity index (χ1) is 9.36. The van der Waals surface area contributed by atoms with E-state index in [0.717, 1.165) is 17.9 Å². The van der Waals surface area contributed by atoms with Crippen molar-refractivity contribution in [2.45, 2.75) is 11.4 Å². The second-order valence-electron chi connectivity index (χ2n) is 4.43. The van der Waals surface area contributed by atoms with E-state index < -0.39 is 15.7 Å². The highest BCUT2D eigenvalue weighted by Crippen LogP contribution is 2.20. The molecule has 0 aromatic heterocycles. The molecule has 0 saturated carbocycles. The lowest BCUT2D eigenvalue weighted by molar-refractivity contribution is 0.475. The zero-order valence-corrected chi connectivity index (χ0v) is 11.6. The van der Waals surface area contributed by atoms with E-state index in [0.29, 0.717) is 6.54 Å². The number of aromatic hydroxyl groups is 1. The maximum Gasteiger partial charge on any atom is 0.175 e. The topological polar surface area (TPSA) is 66.4 Å². The smallest absolute Gasteiger partial charge is 0.175 e. The van der Waals surface area contributed by atoms with Gasteiger partial charge in [-0.25, -0.2) is 12.8 Å². The van der Waals surface area contributed by atoms with Crippen molar-refractivity contribution in [2.75, 3.05) is 11.6 Å². The van der Waals surface area contributed by atoms with Gasteiger partial charge in [0, 0.05) is 12.8 Å². The van der Waals surface area contributed by atoms with Gasteiger partial charge in [-0.3, -0.25) is 0 Å². The van der Waals surface area contributed by atoms with Crippen molar-refractivity contribution in [3.05, 3.63) is 53.8 Å². The van der Waals surface area contributed by atoms with Crippen LogP contribution < -0.4 is 5.32 Å². The van der Waals surface area contributed by atoms with Gasteiger partial charge in [0.25, 0.3) is 0 Å². The lowest BCUT2D eigenvalue weighted by Gasteiger charge is -2.09. The van der Waals surface area contributed by atoms with E-state index in [9.17, 15) is 12.8 Å². The molecule has 0 fully saturated rings. The van der Waals surface area contributed by atoms with Crippen LogP contribution in [0.25, 0.3) is 0 Å². The minimum absolute atomic E-state index is 0.0621. The molecule has 0 aliphatic rings. The van der Waals surface area contributed by atoms with E-state index in [2.05, 4.69) is 5.32 Å². The molecule has 0 atom stereocenters. The SMILES string of the molecule is CS(=O)(=O)c1ccc(F)c(NCc2ccc(O)cc2)c1. The van der Waals surface area contributed by atoms with E-state index in [1.807, 2.05) is 0 Å². The Morgan fingerprint density at radius 3 is 2.40 bits per heavy atom. The Hall–Kier alpha value is -2.08. The summed E-state index contributed by atoms with van der Waals surface area (Å²) in [5, 5.41) is 12.0. The maximum atomic E-state index is 13.6. The third-order valence-corrected chi connectivity index (χ3v) is 3.90. The van der Waals surface area contributed by atoms with Gasteiger partial charge in [-0.05, 0) is 35.9 Å². The summed E-state index contributed by atoms with van der Waals surface area (Å²) in [6.45, 7) is 0.324. The number of hydrogen-bond donors (Lipinski definition) is 2. The molecule has 0 bridgehead atoms. The van der Waals surface area contributed by atoms with Crippen molar-refractivity contribution in [3.8, 4) is 5.75 Å². The van der Waals surface area contributed by atoms with Crippen molar-refractivity contribution >= 4 is 15.5 Å². The first kappa shape index (κ1) is 14.3. The van der Waals surface area contributed by atoms with Crippen LogP contribution in [0, 0.1) is 5.82 Å². The van der Waals surface area contributed by atoms with Crippen LogP contribution in [-0.4, -0.2) is 19.8 Å². The molecule has 2 N–H and O–H groups in total. The van der Waals surface area contributed by atoms with Crippen LogP contribution in [0.1, 0.15) is 5.56 Å². The van der Waals surface area contributed by atoms with Gasteiger partial charge >= 0.3 is 0 Å². The molecule has 0 spiro atoms. The number of rotatable bonds is 4. The predicted molar refractivity (Wildman–Crippen MR) is 74.9 cm³/mol. The Bertz CT molecular complexity index is 712. The van der Waals surface area contributed by atoms with Crippen molar-refractivity contribution in [1.82, 2.24) is 0 Å². The molecule has 2 aromatic carbocycles. The number of phenolic OH excluding ortho intramolecular Hbond substituents is 1. The molecule has 0 radical (unpaired) electrons. The second kappa shape index (κ2) is 5.50. The molecular formula is C14H14FNO3S. The number of hydrogen-bond acceptors (Lipinski definition) is 4. The summed E-state index contributed by atoms with van der Waals surface area (Å²) < 4.78 is 36.5. The predicted octanol–water partition coefficient (Wildman–Crippen LogP) is 2.55. The normalized spacial score (nSPS) is 11.3. The Kier molecular flexibility index (Phi) is 3.94. The molecule has 6 heteroatoms. The number of phenols is 1. The monoisotopic (exact) mass is 295 g/mol. The Morgan fingerprint density at radius 2 is 1.80 bits per heavy atom. The van der Waals surface area contributed by atoms with Crippen molar-refractivity contribution in [1.29, 1.82) is 0 Å². The third kappa shape index (κ3) is 3.48. The molecule has 0 unspecified atom stereocenters. The minimum atomic E-state index is -3.37. The van der Waals surface area contributed by atoms with Crippen LogP contribution in [-0.2, 0) is 16.4 Å². The van der Waals surface area contributed by atoms with Gasteiger partial charge in [0.1, 0.15) is 11.6 Å². The number of nitrogens with one attached hydrogen (secondary N) is 1. The van der Waals surface area contributed by atoms with E-state index in [4.69, 9.17) is 5.11 Å².